The van der Waals surface area contributed by atoms with Gasteiger partial charge >= 0.3 is 0 Å². The van der Waals surface area contributed by atoms with Crippen LogP contribution in [0.15, 0.2) is 24.3 Å². The van der Waals surface area contributed by atoms with Crippen LogP contribution in [-0.4, -0.2) is 0 Å². The Morgan fingerprint density at radius 1 is 1.08 bits per heavy atom. The summed E-state index contributed by atoms with van der Waals surface area (Å²) < 4.78 is 0. The molecule has 0 aliphatic heterocycles. The molecule has 0 spiro atoms. The molecule has 0 bridgehead atoms. The number of hydrogen-bond acceptors (Lipinski definition) is 0. The molecule has 0 aliphatic carbocycles. The first-order chi connectivity index (χ1) is 5.91. The van der Waals surface area contributed by atoms with E-state index in [4.69, 9.17) is 0 Å². The molecule has 0 N–H and O–H groups in total. The predicted molar refractivity (Wildman–Crippen MR) is 63.7 cm³/mol. The van der Waals surface area contributed by atoms with E-state index in [9.17, 15) is 0 Å². The largest absolute Gasteiger partial charge is 0.135 e. The first kappa shape index (κ1) is 10.6. The summed E-state index contributed by atoms with van der Waals surface area (Å²) in [5, 5.41) is 0.439. The van der Waals surface area contributed by atoms with Gasteiger partial charge in [-0.25, -0.2) is 0 Å². The molecular formula is C12H19S+. The van der Waals surface area contributed by atoms with Gasteiger partial charge in [-0.2, -0.15) is 0 Å². The lowest BCUT2D eigenvalue weighted by Crippen LogP contribution is -2.10. The summed E-state index contributed by atoms with van der Waals surface area (Å²) in [5.41, 5.74) is 2.99. The average Bonchev–Trinajstić information content (AvgIpc) is 2.03. The van der Waals surface area contributed by atoms with Crippen LogP contribution in [-0.2, 0) is 18.0 Å². The minimum atomic E-state index is 0.257. The van der Waals surface area contributed by atoms with Crippen LogP contribution in [0.5, 0.6) is 0 Å². The van der Waals surface area contributed by atoms with E-state index in [2.05, 4.69) is 64.6 Å². The van der Waals surface area contributed by atoms with Crippen LogP contribution in [0.2, 0.25) is 0 Å². The molecule has 0 saturated heterocycles. The highest BCUT2D eigenvalue weighted by Gasteiger charge is 2.13. The molecule has 0 radical (unpaired) electrons. The highest BCUT2D eigenvalue weighted by Crippen LogP contribution is 2.23. The molecule has 1 atom stereocenters. The molecule has 1 unspecified atom stereocenters. The highest BCUT2D eigenvalue weighted by molar-refractivity contribution is 7.59. The molecule has 0 nitrogen and oxygen atoms in total. The van der Waals surface area contributed by atoms with E-state index in [1.165, 1.54) is 11.1 Å². The maximum Gasteiger partial charge on any atom is 0.135 e. The lowest BCUT2D eigenvalue weighted by molar-refractivity contribution is 0.590. The third-order valence-electron chi connectivity index (χ3n) is 2.28. The van der Waals surface area contributed by atoms with Crippen LogP contribution in [0.25, 0.3) is 0 Å². The first-order valence-corrected chi connectivity index (χ1v) is 5.30. The summed E-state index contributed by atoms with van der Waals surface area (Å²) in [5.74, 6) is 0. The van der Waals surface area contributed by atoms with Crippen molar-refractivity contribution in [3.63, 3.8) is 0 Å². The van der Waals surface area contributed by atoms with Gasteiger partial charge in [-0.15, -0.1) is 0 Å². The monoisotopic (exact) mass is 195 g/mol. The maximum atomic E-state index is 3.61. The van der Waals surface area contributed by atoms with E-state index in [1.54, 1.807) is 0 Å². The van der Waals surface area contributed by atoms with Gasteiger partial charge in [-0.3, -0.25) is 0 Å². The van der Waals surface area contributed by atoms with Crippen LogP contribution in [0.4, 0.5) is 0 Å². The van der Waals surface area contributed by atoms with Crippen molar-refractivity contribution in [3.8, 4) is 0 Å². The Balaban J connectivity index is 2.94. The van der Waals surface area contributed by atoms with E-state index < -0.39 is 0 Å². The van der Waals surface area contributed by atoms with Gasteiger partial charge in [-0.05, 0) is 30.5 Å². The summed E-state index contributed by atoms with van der Waals surface area (Å²) in [7, 11) is 0. The molecule has 0 aromatic heterocycles. The molecule has 1 rings (SSSR count). The van der Waals surface area contributed by atoms with Gasteiger partial charge < -0.3 is 0 Å². The molecule has 72 valence electrons. The van der Waals surface area contributed by atoms with Gasteiger partial charge in [0.15, 0.2) is 0 Å². The van der Waals surface area contributed by atoms with Gasteiger partial charge in [0.1, 0.15) is 5.25 Å². The Labute approximate surface area is 86.8 Å². The van der Waals surface area contributed by atoms with Crippen LogP contribution in [0.3, 0.4) is 0 Å². The second kappa shape index (κ2) is 3.75. The van der Waals surface area contributed by atoms with Crippen molar-refractivity contribution in [1.82, 2.24) is 0 Å². The van der Waals surface area contributed by atoms with Crippen molar-refractivity contribution in [3.05, 3.63) is 35.4 Å². The normalized spacial score (nSPS) is 14.2. The minimum absolute atomic E-state index is 0.257. The average molecular weight is 195 g/mol. The Morgan fingerprint density at radius 2 is 1.54 bits per heavy atom. The van der Waals surface area contributed by atoms with Crippen molar-refractivity contribution in [2.45, 2.75) is 38.4 Å². The fourth-order valence-corrected chi connectivity index (χ4v) is 1.46. The molecule has 1 aromatic rings. The van der Waals surface area contributed by atoms with Crippen LogP contribution < -0.4 is 0 Å². The summed E-state index contributed by atoms with van der Waals surface area (Å²) in [4.78, 5) is 0. The quantitative estimate of drug-likeness (QED) is 0.604. The van der Waals surface area contributed by atoms with Crippen molar-refractivity contribution < 1.29 is 0 Å². The molecule has 13 heavy (non-hydrogen) atoms. The first-order valence-electron chi connectivity index (χ1n) is 4.73. The van der Waals surface area contributed by atoms with E-state index in [-0.39, 0.29) is 5.41 Å². The van der Waals surface area contributed by atoms with Crippen LogP contribution in [0.1, 0.15) is 44.1 Å². The molecule has 0 aliphatic rings. The zero-order valence-electron chi connectivity index (χ0n) is 8.89. The van der Waals surface area contributed by atoms with Gasteiger partial charge in [0.25, 0.3) is 0 Å². The van der Waals surface area contributed by atoms with Crippen LogP contribution >= 0.6 is 0 Å². The smallest absolute Gasteiger partial charge is 0.0580 e. The zero-order valence-corrected chi connectivity index (χ0v) is 9.89. The fourth-order valence-electron chi connectivity index (χ4n) is 1.27. The molecule has 0 saturated carbocycles. The molecule has 1 heteroatoms. The van der Waals surface area contributed by atoms with Crippen molar-refractivity contribution >= 4 is 12.6 Å². The third-order valence-corrected chi connectivity index (χ3v) is 2.61. The number of hydrogen-bond donors (Lipinski definition) is 0. The lowest BCUT2D eigenvalue weighted by Gasteiger charge is -2.19. The number of benzene rings is 1. The third kappa shape index (κ3) is 2.77. The van der Waals surface area contributed by atoms with Crippen molar-refractivity contribution in [2.24, 2.45) is 0 Å². The Kier molecular flexibility index (Phi) is 3.07. The molecule has 0 heterocycles. The summed E-state index contributed by atoms with van der Waals surface area (Å²) in [6.07, 6.45) is 0. The Morgan fingerprint density at radius 3 is 1.85 bits per heavy atom. The van der Waals surface area contributed by atoms with E-state index >= 15 is 0 Å². The summed E-state index contributed by atoms with van der Waals surface area (Å²) >= 11 is 3.61. The highest BCUT2D eigenvalue weighted by atomic mass is 32.1. The molecule has 0 amide bonds. The Bertz CT molecular complexity index is 264. The second-order valence-electron chi connectivity index (χ2n) is 4.59. The minimum Gasteiger partial charge on any atom is -0.0580 e. The van der Waals surface area contributed by atoms with Gasteiger partial charge in [0.05, 0.1) is 0 Å². The van der Waals surface area contributed by atoms with Crippen molar-refractivity contribution in [2.75, 3.05) is 0 Å². The van der Waals surface area contributed by atoms with Gasteiger partial charge in [-0.1, -0.05) is 45.0 Å². The fraction of sp³-hybridized carbons (Fsp3) is 0.500. The molecule has 1 aromatic carbocycles. The van der Waals surface area contributed by atoms with E-state index in [1.807, 2.05) is 0 Å². The zero-order chi connectivity index (χ0) is 10.1. The number of rotatable bonds is 1. The Hall–Kier alpha value is -0.430. The van der Waals surface area contributed by atoms with E-state index in [0.717, 1.165) is 0 Å². The molecule has 0 fully saturated rings. The summed E-state index contributed by atoms with van der Waals surface area (Å²) in [6, 6.07) is 8.81. The SMILES string of the molecule is CC([SH2+])c1ccc(C(C)(C)C)cc1. The lowest BCUT2D eigenvalue weighted by atomic mass is 9.86. The van der Waals surface area contributed by atoms with Crippen molar-refractivity contribution in [1.29, 1.82) is 0 Å². The van der Waals surface area contributed by atoms with Crippen LogP contribution in [0, 0.1) is 0 Å². The van der Waals surface area contributed by atoms with Gasteiger partial charge in [0, 0.05) is 5.56 Å². The van der Waals surface area contributed by atoms with E-state index in [0.29, 0.717) is 5.25 Å². The topological polar surface area (TPSA) is 0 Å². The second-order valence-corrected chi connectivity index (χ2v) is 5.46. The maximum absolute atomic E-state index is 3.61. The predicted octanol–water partition coefficient (Wildman–Crippen LogP) is 3.06. The standard InChI is InChI=1S/C12H18S/c1-9(13)10-5-7-11(8-6-10)12(2,3)4/h5-9,13H,1-4H3/p+1. The van der Waals surface area contributed by atoms with Gasteiger partial charge in [0.2, 0.25) is 0 Å². The molecular weight excluding hydrogens is 176 g/mol. The summed E-state index contributed by atoms with van der Waals surface area (Å²) in [6.45, 7) is 8.85.